The van der Waals surface area contributed by atoms with Gasteiger partial charge in [0.15, 0.2) is 5.84 Å². The molecule has 1 fully saturated rings. The number of aliphatic imine (C=N–C) groups is 1. The summed E-state index contributed by atoms with van der Waals surface area (Å²) in [5.74, 6) is -0.573. The molecule has 0 spiro atoms. The highest BCUT2D eigenvalue weighted by molar-refractivity contribution is 6.01. The predicted octanol–water partition coefficient (Wildman–Crippen LogP) is 2.92. The van der Waals surface area contributed by atoms with Gasteiger partial charge >= 0.3 is 0 Å². The highest BCUT2D eigenvalue weighted by Crippen LogP contribution is 2.32. The Labute approximate surface area is 217 Å². The number of amidine groups is 1. The maximum absolute atomic E-state index is 14.3. The molecule has 1 saturated heterocycles. The lowest BCUT2D eigenvalue weighted by Crippen LogP contribution is -2.49. The maximum Gasteiger partial charge on any atom is 0.225 e. The number of hydrogen-bond donors (Lipinski definition) is 3. The number of rotatable bonds is 6. The summed E-state index contributed by atoms with van der Waals surface area (Å²) in [5.41, 5.74) is 0.550. The molecular weight excluding hydrogens is 492 g/mol. The molecule has 4 heterocycles. The molecular formula is C26H27F2N9O. The van der Waals surface area contributed by atoms with E-state index in [1.54, 1.807) is 10.9 Å². The van der Waals surface area contributed by atoms with Gasteiger partial charge in [-0.15, -0.1) is 0 Å². The molecule has 1 aliphatic rings. The first-order valence-electron chi connectivity index (χ1n) is 12.0. The number of aromatic amines is 1. The van der Waals surface area contributed by atoms with Crippen molar-refractivity contribution in [1.82, 2.24) is 29.6 Å². The molecule has 196 valence electrons. The number of nitrogens with zero attached hydrogens (tertiary/aromatic N) is 7. The Balaban J connectivity index is 1.28. The van der Waals surface area contributed by atoms with E-state index in [1.807, 2.05) is 30.4 Å². The normalized spacial score (nSPS) is 16.0. The van der Waals surface area contributed by atoms with Crippen LogP contribution in [0.1, 0.15) is 23.7 Å². The summed E-state index contributed by atoms with van der Waals surface area (Å²) >= 11 is 0. The van der Waals surface area contributed by atoms with E-state index < -0.39 is 22.8 Å². The number of aryl methyl sites for hydroxylation is 1. The molecule has 12 heteroatoms. The molecule has 0 bridgehead atoms. The van der Waals surface area contributed by atoms with Crippen molar-refractivity contribution in [2.75, 3.05) is 31.1 Å². The fourth-order valence-electron chi connectivity index (χ4n) is 4.60. The van der Waals surface area contributed by atoms with Gasteiger partial charge in [-0.1, -0.05) is 6.07 Å². The fourth-order valence-corrected chi connectivity index (χ4v) is 4.60. The number of nitrogens with one attached hydrogen (secondary N) is 2. The molecule has 0 unspecified atom stereocenters. The third-order valence-corrected chi connectivity index (χ3v) is 6.66. The smallest absolute Gasteiger partial charge is 0.225 e. The van der Waals surface area contributed by atoms with Crippen molar-refractivity contribution in [3.05, 3.63) is 83.7 Å². The summed E-state index contributed by atoms with van der Waals surface area (Å²) in [5, 5.41) is 22.7. The van der Waals surface area contributed by atoms with Crippen molar-refractivity contribution in [1.29, 1.82) is 5.41 Å². The summed E-state index contributed by atoms with van der Waals surface area (Å²) in [4.78, 5) is 20.4. The number of aromatic nitrogens is 5. The van der Waals surface area contributed by atoms with Crippen molar-refractivity contribution in [2.45, 2.75) is 12.5 Å². The van der Waals surface area contributed by atoms with Crippen LogP contribution in [0.4, 0.5) is 14.7 Å². The minimum Gasteiger partial charge on any atom is -0.380 e. The van der Waals surface area contributed by atoms with Crippen LogP contribution in [0.2, 0.25) is 0 Å². The van der Waals surface area contributed by atoms with Crippen molar-refractivity contribution in [3.63, 3.8) is 0 Å². The van der Waals surface area contributed by atoms with Crippen molar-refractivity contribution < 1.29 is 13.9 Å². The quantitative estimate of drug-likeness (QED) is 0.266. The topological polar surface area (TPSA) is 122 Å². The zero-order chi connectivity index (χ0) is 26.9. The van der Waals surface area contributed by atoms with E-state index in [1.165, 1.54) is 25.4 Å². The van der Waals surface area contributed by atoms with Crippen LogP contribution < -0.4 is 4.90 Å². The van der Waals surface area contributed by atoms with E-state index in [9.17, 15) is 13.9 Å². The third kappa shape index (κ3) is 4.77. The second-order valence-corrected chi connectivity index (χ2v) is 9.20. The molecule has 0 radical (unpaired) electrons. The third-order valence-electron chi connectivity index (χ3n) is 6.66. The number of halogens is 2. The van der Waals surface area contributed by atoms with Crippen LogP contribution in [0, 0.1) is 17.0 Å². The second kappa shape index (κ2) is 10.1. The van der Waals surface area contributed by atoms with Gasteiger partial charge in [-0.05, 0) is 25.1 Å². The highest BCUT2D eigenvalue weighted by atomic mass is 19.1. The molecule has 3 N–H and O–H groups in total. The molecule has 38 heavy (non-hydrogen) atoms. The average molecular weight is 520 g/mol. The Morgan fingerprint density at radius 1 is 1.11 bits per heavy atom. The number of aliphatic hydroxyl groups is 1. The number of H-pyrrole nitrogens is 1. The number of benzene rings is 1. The van der Waals surface area contributed by atoms with Crippen LogP contribution in [0.3, 0.4) is 0 Å². The lowest BCUT2D eigenvalue weighted by molar-refractivity contribution is 0.0926. The van der Waals surface area contributed by atoms with Gasteiger partial charge in [0.1, 0.15) is 23.6 Å². The minimum atomic E-state index is -1.94. The van der Waals surface area contributed by atoms with Gasteiger partial charge in [-0.25, -0.2) is 23.7 Å². The Morgan fingerprint density at radius 3 is 2.39 bits per heavy atom. The fraction of sp³-hybridized carbons (Fsp3) is 0.269. The molecule has 10 nitrogen and oxygen atoms in total. The first-order valence-corrected chi connectivity index (χ1v) is 12.0. The van der Waals surface area contributed by atoms with Crippen LogP contribution >= 0.6 is 0 Å². The second-order valence-electron chi connectivity index (χ2n) is 9.20. The van der Waals surface area contributed by atoms with Crippen LogP contribution in [0.15, 0.2) is 60.2 Å². The van der Waals surface area contributed by atoms with Crippen LogP contribution in [0.5, 0.6) is 0 Å². The zero-order valence-corrected chi connectivity index (χ0v) is 20.9. The van der Waals surface area contributed by atoms with Gasteiger partial charge in [0, 0.05) is 74.7 Å². The van der Waals surface area contributed by atoms with Crippen LogP contribution in [-0.4, -0.2) is 73.1 Å². The largest absolute Gasteiger partial charge is 0.380 e. The van der Waals surface area contributed by atoms with E-state index in [-0.39, 0.29) is 5.56 Å². The molecule has 1 aliphatic heterocycles. The van der Waals surface area contributed by atoms with Crippen molar-refractivity contribution >= 4 is 18.1 Å². The first-order chi connectivity index (χ1) is 18.3. The van der Waals surface area contributed by atoms with Gasteiger partial charge in [0.2, 0.25) is 5.95 Å². The lowest BCUT2D eigenvalue weighted by Gasteiger charge is -2.36. The van der Waals surface area contributed by atoms with Crippen LogP contribution in [0.25, 0.3) is 11.1 Å². The lowest BCUT2D eigenvalue weighted by atomic mass is 9.89. The van der Waals surface area contributed by atoms with Gasteiger partial charge in [-0.3, -0.25) is 10.1 Å². The molecule has 0 amide bonds. The summed E-state index contributed by atoms with van der Waals surface area (Å²) in [6.07, 6.45) is 9.41. The molecule has 1 atom stereocenters. The standard InChI is InChI=1S/C26H27F2N9O/c1-26(38,23-20(27)4-3-5-21(23)28)19-13-31-25(32-14-19)37-8-6-36(7-9-37)24(33-16-29)22-10-17(11-30-22)18-12-34-35(2)15-18/h3-5,10-16,29-30,38H,6-9H2,1-2H3/b29-16?,33-24+/t26-/m0/s1. The number of anilines is 1. The Hall–Kier alpha value is -4.45. The van der Waals surface area contributed by atoms with Crippen molar-refractivity contribution in [2.24, 2.45) is 12.0 Å². The molecule has 0 aliphatic carbocycles. The average Bonchev–Trinajstić information content (AvgIpc) is 3.57. The SMILES string of the molecule is Cn1cc(-c2c[nH]c(/C(=N\C=N)N3CCN(c4ncc([C@](C)(O)c5c(F)cccc5F)cn4)CC3)c2)cn1. The number of piperazine rings is 1. The summed E-state index contributed by atoms with van der Waals surface area (Å²) < 4.78 is 30.3. The molecule has 3 aromatic heterocycles. The predicted molar refractivity (Wildman–Crippen MR) is 139 cm³/mol. The molecule has 4 aromatic rings. The van der Waals surface area contributed by atoms with Gasteiger partial charge in [0.05, 0.1) is 17.5 Å². The Morgan fingerprint density at radius 2 is 1.79 bits per heavy atom. The summed E-state index contributed by atoms with van der Waals surface area (Å²) in [6, 6.07) is 5.43. The van der Waals surface area contributed by atoms with Crippen LogP contribution in [-0.2, 0) is 12.6 Å². The van der Waals surface area contributed by atoms with E-state index in [0.29, 0.717) is 38.0 Å². The Kier molecular flexibility index (Phi) is 6.72. The summed E-state index contributed by atoms with van der Waals surface area (Å²) in [6.45, 7) is 3.71. The van der Waals surface area contributed by atoms with E-state index >= 15 is 0 Å². The monoisotopic (exact) mass is 519 g/mol. The first kappa shape index (κ1) is 25.2. The molecule has 1 aromatic carbocycles. The molecule has 0 saturated carbocycles. The number of hydrogen-bond acceptors (Lipinski definition) is 6. The van der Waals surface area contributed by atoms with Gasteiger partial charge in [0.25, 0.3) is 0 Å². The van der Waals surface area contributed by atoms with E-state index in [4.69, 9.17) is 5.41 Å². The van der Waals surface area contributed by atoms with E-state index in [0.717, 1.165) is 35.3 Å². The van der Waals surface area contributed by atoms with Crippen molar-refractivity contribution in [3.8, 4) is 11.1 Å². The van der Waals surface area contributed by atoms with Gasteiger partial charge < -0.3 is 19.9 Å². The van der Waals surface area contributed by atoms with E-state index in [2.05, 4.69) is 29.9 Å². The maximum atomic E-state index is 14.3. The Bertz CT molecular complexity index is 1450. The minimum absolute atomic E-state index is 0.181. The highest BCUT2D eigenvalue weighted by Gasteiger charge is 2.33. The molecule has 5 rings (SSSR count). The summed E-state index contributed by atoms with van der Waals surface area (Å²) in [7, 11) is 1.86. The zero-order valence-electron chi connectivity index (χ0n) is 20.9. The van der Waals surface area contributed by atoms with Gasteiger partial charge in [-0.2, -0.15) is 5.10 Å².